The Kier molecular flexibility index (Phi) is 5.56. The molecule has 4 nitrogen and oxygen atoms in total. The van der Waals surface area contributed by atoms with E-state index in [1.54, 1.807) is 0 Å². The van der Waals surface area contributed by atoms with Crippen molar-refractivity contribution in [1.29, 1.82) is 0 Å². The first-order valence-corrected chi connectivity index (χ1v) is 10.8. The van der Waals surface area contributed by atoms with Gasteiger partial charge < -0.3 is 15.1 Å². The Morgan fingerprint density at radius 2 is 2.07 bits per heavy atom. The molecule has 2 saturated heterocycles. The van der Waals surface area contributed by atoms with Crippen LogP contribution in [-0.4, -0.2) is 55.0 Å². The number of hydrogen-bond acceptors (Lipinski definition) is 3. The van der Waals surface area contributed by atoms with Crippen molar-refractivity contribution >= 4 is 5.91 Å². The van der Waals surface area contributed by atoms with Crippen LogP contribution < -0.4 is 5.32 Å². The fraction of sp³-hybridized carbons (Fsp3) is 0.696. The van der Waals surface area contributed by atoms with E-state index < -0.39 is 0 Å². The van der Waals surface area contributed by atoms with Crippen LogP contribution >= 0.6 is 0 Å². The van der Waals surface area contributed by atoms with E-state index in [1.807, 2.05) is 13.8 Å². The third kappa shape index (κ3) is 4.22. The molecule has 148 valence electrons. The maximum Gasteiger partial charge on any atom is 0.225 e. The first-order valence-electron chi connectivity index (χ1n) is 10.8. The molecule has 0 aliphatic carbocycles. The molecule has 1 N–H and O–H groups in total. The van der Waals surface area contributed by atoms with Gasteiger partial charge in [-0.25, -0.2) is 0 Å². The molecule has 2 unspecified atom stereocenters. The molecule has 0 saturated carbocycles. The van der Waals surface area contributed by atoms with Crippen molar-refractivity contribution in [2.45, 2.75) is 46.1 Å². The number of carbonyl (C=O) groups is 1. The number of likely N-dealkylation sites (tertiary alicyclic amines) is 1. The molecule has 0 bridgehead atoms. The highest BCUT2D eigenvalue weighted by molar-refractivity contribution is 5.78. The van der Waals surface area contributed by atoms with Gasteiger partial charge in [-0.15, -0.1) is 0 Å². The summed E-state index contributed by atoms with van der Waals surface area (Å²) in [6, 6.07) is 8.80. The molecule has 1 amide bonds. The molecule has 4 heteroatoms. The van der Waals surface area contributed by atoms with Crippen LogP contribution in [0.5, 0.6) is 0 Å². The average molecular weight is 370 g/mol. The largest absolute Gasteiger partial charge is 0.338 e. The van der Waals surface area contributed by atoms with E-state index >= 15 is 0 Å². The third-order valence-electron chi connectivity index (χ3n) is 6.80. The zero-order valence-corrected chi connectivity index (χ0v) is 17.0. The van der Waals surface area contributed by atoms with E-state index in [4.69, 9.17) is 0 Å². The van der Waals surface area contributed by atoms with E-state index in [9.17, 15) is 4.79 Å². The van der Waals surface area contributed by atoms with Crippen LogP contribution in [0.3, 0.4) is 0 Å². The number of fused-ring (bicyclic) bond motifs is 1. The van der Waals surface area contributed by atoms with Crippen LogP contribution in [0.4, 0.5) is 0 Å². The lowest BCUT2D eigenvalue weighted by Gasteiger charge is -2.45. The van der Waals surface area contributed by atoms with Gasteiger partial charge in [-0.1, -0.05) is 38.1 Å². The molecule has 2 fully saturated rings. The van der Waals surface area contributed by atoms with Crippen molar-refractivity contribution in [3.05, 3.63) is 35.4 Å². The summed E-state index contributed by atoms with van der Waals surface area (Å²) in [6.45, 7) is 11.7. The number of rotatable bonds is 3. The third-order valence-corrected chi connectivity index (χ3v) is 6.80. The Morgan fingerprint density at radius 1 is 1.26 bits per heavy atom. The van der Waals surface area contributed by atoms with Crippen LogP contribution in [0.25, 0.3) is 0 Å². The van der Waals surface area contributed by atoms with Crippen LogP contribution in [-0.2, 0) is 17.8 Å². The van der Waals surface area contributed by atoms with Crippen molar-refractivity contribution in [2.75, 3.05) is 39.3 Å². The molecular weight excluding hydrogens is 334 g/mol. The van der Waals surface area contributed by atoms with Gasteiger partial charge in [0.2, 0.25) is 5.91 Å². The number of nitrogens with zero attached hydrogens (tertiary/aromatic N) is 2. The Morgan fingerprint density at radius 3 is 2.81 bits per heavy atom. The van der Waals surface area contributed by atoms with Crippen molar-refractivity contribution in [1.82, 2.24) is 15.1 Å². The number of nitrogens with one attached hydrogen (secondary N) is 1. The summed E-state index contributed by atoms with van der Waals surface area (Å²) in [5.41, 5.74) is 3.02. The number of amides is 1. The molecule has 27 heavy (non-hydrogen) atoms. The second-order valence-corrected chi connectivity index (χ2v) is 9.49. The molecule has 3 aliphatic heterocycles. The fourth-order valence-electron chi connectivity index (χ4n) is 5.51. The summed E-state index contributed by atoms with van der Waals surface area (Å²) in [7, 11) is 0. The lowest BCUT2D eigenvalue weighted by atomic mass is 9.74. The predicted molar refractivity (Wildman–Crippen MR) is 109 cm³/mol. The standard InChI is InChI=1S/C23H35N3O/c1-18(2)22(27)26-15-21-7-4-3-6-20(21)12-23(17-26)9-5-11-25(16-23)14-19-8-10-24-13-19/h3-4,6-7,18-19,24H,5,8-17H2,1-2H3. The molecule has 0 radical (unpaired) electrons. The molecule has 3 aliphatic rings. The SMILES string of the molecule is CC(C)C(=O)N1Cc2ccccc2CC2(CCCN(CC3CCNC3)C2)C1. The minimum absolute atomic E-state index is 0.0663. The van der Waals surface area contributed by atoms with Crippen LogP contribution in [0.1, 0.15) is 44.2 Å². The maximum absolute atomic E-state index is 13.0. The van der Waals surface area contributed by atoms with Gasteiger partial charge >= 0.3 is 0 Å². The number of piperidine rings is 1. The molecule has 2 atom stereocenters. The summed E-state index contributed by atoms with van der Waals surface area (Å²) in [5.74, 6) is 1.17. The second kappa shape index (κ2) is 7.92. The molecule has 4 rings (SSSR count). The van der Waals surface area contributed by atoms with Crippen LogP contribution in [0, 0.1) is 17.3 Å². The summed E-state index contributed by atoms with van der Waals surface area (Å²) < 4.78 is 0. The minimum atomic E-state index is 0.0663. The number of benzene rings is 1. The quantitative estimate of drug-likeness (QED) is 0.890. The second-order valence-electron chi connectivity index (χ2n) is 9.49. The smallest absolute Gasteiger partial charge is 0.225 e. The van der Waals surface area contributed by atoms with Gasteiger partial charge in [-0.2, -0.15) is 0 Å². The lowest BCUT2D eigenvalue weighted by molar-refractivity contribution is -0.137. The highest BCUT2D eigenvalue weighted by Gasteiger charge is 2.41. The van der Waals surface area contributed by atoms with Gasteiger partial charge in [0.15, 0.2) is 0 Å². The monoisotopic (exact) mass is 369 g/mol. The predicted octanol–water partition coefficient (Wildman–Crippen LogP) is 2.92. The maximum atomic E-state index is 13.0. The number of hydrogen-bond donors (Lipinski definition) is 1. The molecule has 0 aromatic heterocycles. The van der Waals surface area contributed by atoms with Crippen LogP contribution in [0.15, 0.2) is 24.3 Å². The Balaban J connectivity index is 1.58. The number of carbonyl (C=O) groups excluding carboxylic acids is 1. The topological polar surface area (TPSA) is 35.6 Å². The first-order chi connectivity index (χ1) is 13.0. The van der Waals surface area contributed by atoms with Crippen molar-refractivity contribution < 1.29 is 4.79 Å². The Hall–Kier alpha value is -1.39. The molecule has 1 spiro atoms. The van der Waals surface area contributed by atoms with Crippen molar-refractivity contribution in [3.63, 3.8) is 0 Å². The summed E-state index contributed by atoms with van der Waals surface area (Å²) in [4.78, 5) is 17.8. The highest BCUT2D eigenvalue weighted by Crippen LogP contribution is 2.39. The Labute approximate surface area is 164 Å². The summed E-state index contributed by atoms with van der Waals surface area (Å²) in [5, 5.41) is 3.51. The van der Waals surface area contributed by atoms with E-state index in [1.165, 1.54) is 56.6 Å². The van der Waals surface area contributed by atoms with Gasteiger partial charge in [-0.05, 0) is 62.4 Å². The van der Waals surface area contributed by atoms with Gasteiger partial charge in [0.1, 0.15) is 0 Å². The van der Waals surface area contributed by atoms with Gasteiger partial charge in [0.05, 0.1) is 0 Å². The van der Waals surface area contributed by atoms with E-state index in [-0.39, 0.29) is 11.3 Å². The summed E-state index contributed by atoms with van der Waals surface area (Å²) in [6.07, 6.45) is 4.92. The fourth-order valence-corrected chi connectivity index (χ4v) is 5.51. The highest BCUT2D eigenvalue weighted by atomic mass is 16.2. The van der Waals surface area contributed by atoms with E-state index in [0.717, 1.165) is 32.0 Å². The molecular formula is C23H35N3O. The Bertz CT molecular complexity index is 667. The normalized spacial score (nSPS) is 29.1. The first kappa shape index (κ1) is 18.9. The molecule has 1 aromatic carbocycles. The van der Waals surface area contributed by atoms with Crippen molar-refractivity contribution in [3.8, 4) is 0 Å². The van der Waals surface area contributed by atoms with Gasteiger partial charge in [0.25, 0.3) is 0 Å². The van der Waals surface area contributed by atoms with E-state index in [0.29, 0.717) is 5.91 Å². The molecule has 1 aromatic rings. The van der Waals surface area contributed by atoms with Crippen LogP contribution in [0.2, 0.25) is 0 Å². The zero-order chi connectivity index (χ0) is 18.9. The minimum Gasteiger partial charge on any atom is -0.338 e. The van der Waals surface area contributed by atoms with E-state index in [2.05, 4.69) is 39.4 Å². The summed E-state index contributed by atoms with van der Waals surface area (Å²) >= 11 is 0. The lowest BCUT2D eigenvalue weighted by Crippen LogP contribution is -2.51. The zero-order valence-electron chi connectivity index (χ0n) is 17.0. The van der Waals surface area contributed by atoms with Crippen molar-refractivity contribution in [2.24, 2.45) is 17.3 Å². The average Bonchev–Trinajstić information content (AvgIpc) is 3.09. The van der Waals surface area contributed by atoms with Gasteiger partial charge in [-0.3, -0.25) is 4.79 Å². The van der Waals surface area contributed by atoms with Gasteiger partial charge in [0, 0.05) is 37.5 Å². The molecule has 3 heterocycles.